The number of aromatic nitrogens is 1. The van der Waals surface area contributed by atoms with Crippen molar-refractivity contribution in [3.05, 3.63) is 71.2 Å². The van der Waals surface area contributed by atoms with Crippen LogP contribution < -0.4 is 11.1 Å². The van der Waals surface area contributed by atoms with E-state index in [4.69, 9.17) is 5.73 Å². The van der Waals surface area contributed by atoms with Crippen LogP contribution in [-0.4, -0.2) is 23.6 Å². The number of amides is 1. The summed E-state index contributed by atoms with van der Waals surface area (Å²) in [5.74, 6) is -0.307. The summed E-state index contributed by atoms with van der Waals surface area (Å²) in [5, 5.41) is 4.43. The van der Waals surface area contributed by atoms with Crippen molar-refractivity contribution in [2.45, 2.75) is 25.3 Å². The van der Waals surface area contributed by atoms with E-state index in [2.05, 4.69) is 11.4 Å². The normalized spacial score (nSPS) is 15.4. The first-order valence-corrected chi connectivity index (χ1v) is 9.01. The molecule has 4 nitrogen and oxygen atoms in total. The average Bonchev–Trinajstić information content (AvgIpc) is 3.03. The number of nitrogens with zero attached hydrogens (tertiary/aromatic N) is 1. The Kier molecular flexibility index (Phi) is 4.47. The number of nitrogens with one attached hydrogen (secondary N) is 1. The first kappa shape index (κ1) is 16.8. The third-order valence-corrected chi connectivity index (χ3v) is 5.30. The van der Waals surface area contributed by atoms with Crippen LogP contribution in [0.4, 0.5) is 4.39 Å². The zero-order chi connectivity index (χ0) is 18.1. The summed E-state index contributed by atoms with van der Waals surface area (Å²) in [6.07, 6.45) is 2.15. The molecule has 2 heterocycles. The number of carbonyl (C=O) groups excluding carboxylic acids is 1. The Balaban J connectivity index is 1.85. The Morgan fingerprint density at radius 1 is 1.15 bits per heavy atom. The lowest BCUT2D eigenvalue weighted by Crippen LogP contribution is -2.26. The van der Waals surface area contributed by atoms with Crippen molar-refractivity contribution in [3.63, 3.8) is 0 Å². The van der Waals surface area contributed by atoms with Gasteiger partial charge >= 0.3 is 0 Å². The number of piperidine rings is 1. The number of benzene rings is 2. The summed E-state index contributed by atoms with van der Waals surface area (Å²) in [7, 11) is 0. The Hall–Kier alpha value is -2.66. The number of nitrogens with two attached hydrogens (primary N) is 1. The van der Waals surface area contributed by atoms with E-state index in [1.165, 1.54) is 11.6 Å². The molecule has 1 aliphatic heterocycles. The molecule has 1 fully saturated rings. The molecule has 1 aromatic heterocycles. The van der Waals surface area contributed by atoms with Crippen LogP contribution in [0.15, 0.2) is 48.5 Å². The van der Waals surface area contributed by atoms with Crippen molar-refractivity contribution in [1.82, 2.24) is 9.88 Å². The summed E-state index contributed by atoms with van der Waals surface area (Å²) in [4.78, 5) is 12.1. The number of hydrogen-bond donors (Lipinski definition) is 2. The van der Waals surface area contributed by atoms with Gasteiger partial charge in [-0.1, -0.05) is 30.3 Å². The second kappa shape index (κ2) is 6.92. The molecule has 0 saturated carbocycles. The molecular formula is C21H22FN3O. The third kappa shape index (κ3) is 2.99. The first-order valence-electron chi connectivity index (χ1n) is 9.01. The number of hydrogen-bond acceptors (Lipinski definition) is 2. The zero-order valence-corrected chi connectivity index (χ0v) is 14.5. The lowest BCUT2D eigenvalue weighted by Gasteiger charge is -2.23. The maximum atomic E-state index is 14.1. The van der Waals surface area contributed by atoms with Crippen LogP contribution >= 0.6 is 0 Å². The molecule has 5 heteroatoms. The van der Waals surface area contributed by atoms with Gasteiger partial charge in [-0.3, -0.25) is 4.79 Å². The van der Waals surface area contributed by atoms with Gasteiger partial charge < -0.3 is 15.6 Å². The monoisotopic (exact) mass is 351 g/mol. The van der Waals surface area contributed by atoms with E-state index < -0.39 is 5.91 Å². The standard InChI is InChI=1S/C21H22FN3O/c22-18-6-2-1-4-15(18)13-25-19-7-3-5-16(14-8-10-24-11-9-14)17(19)12-20(25)21(23)26/h1-7,12,14,24H,8-11,13H2,(H2,23,26). The van der Waals surface area contributed by atoms with Crippen molar-refractivity contribution in [1.29, 1.82) is 0 Å². The minimum atomic E-state index is -0.492. The van der Waals surface area contributed by atoms with E-state index in [0.717, 1.165) is 36.8 Å². The minimum absolute atomic E-state index is 0.278. The van der Waals surface area contributed by atoms with Gasteiger partial charge in [-0.05, 0) is 55.6 Å². The van der Waals surface area contributed by atoms with Gasteiger partial charge in [-0.2, -0.15) is 0 Å². The molecular weight excluding hydrogens is 329 g/mol. The quantitative estimate of drug-likeness (QED) is 0.757. The Morgan fingerprint density at radius 2 is 1.92 bits per heavy atom. The maximum absolute atomic E-state index is 14.1. The molecule has 0 unspecified atom stereocenters. The van der Waals surface area contributed by atoms with E-state index in [-0.39, 0.29) is 12.4 Å². The highest BCUT2D eigenvalue weighted by atomic mass is 19.1. The lowest BCUT2D eigenvalue weighted by molar-refractivity contribution is 0.0992. The Bertz CT molecular complexity index is 957. The smallest absolute Gasteiger partial charge is 0.265 e. The molecule has 0 bridgehead atoms. The highest BCUT2D eigenvalue weighted by Crippen LogP contribution is 2.33. The van der Waals surface area contributed by atoms with E-state index >= 15 is 0 Å². The van der Waals surface area contributed by atoms with Crippen LogP contribution in [0.3, 0.4) is 0 Å². The number of fused-ring (bicyclic) bond motifs is 1. The number of carbonyl (C=O) groups is 1. The van der Waals surface area contributed by atoms with Crippen molar-refractivity contribution >= 4 is 16.8 Å². The van der Waals surface area contributed by atoms with E-state index in [9.17, 15) is 9.18 Å². The molecule has 0 aliphatic carbocycles. The van der Waals surface area contributed by atoms with Gasteiger partial charge in [0.25, 0.3) is 5.91 Å². The van der Waals surface area contributed by atoms with Crippen molar-refractivity contribution in [2.75, 3.05) is 13.1 Å². The number of halogens is 1. The fourth-order valence-electron chi connectivity index (χ4n) is 3.97. The fourth-order valence-corrected chi connectivity index (χ4v) is 3.97. The molecule has 2 aromatic carbocycles. The summed E-state index contributed by atoms with van der Waals surface area (Å²) < 4.78 is 16.0. The highest BCUT2D eigenvalue weighted by Gasteiger charge is 2.21. The molecule has 3 aromatic rings. The highest BCUT2D eigenvalue weighted by molar-refractivity contribution is 5.99. The van der Waals surface area contributed by atoms with Crippen molar-refractivity contribution in [2.24, 2.45) is 5.73 Å². The van der Waals surface area contributed by atoms with Crippen LogP contribution in [0.25, 0.3) is 10.9 Å². The molecule has 0 atom stereocenters. The lowest BCUT2D eigenvalue weighted by atomic mass is 9.88. The van der Waals surface area contributed by atoms with Crippen LogP contribution in [0.1, 0.15) is 40.4 Å². The minimum Gasteiger partial charge on any atom is -0.364 e. The van der Waals surface area contributed by atoms with Gasteiger partial charge in [-0.25, -0.2) is 4.39 Å². The van der Waals surface area contributed by atoms with E-state index in [0.29, 0.717) is 17.2 Å². The molecule has 3 N–H and O–H groups in total. The maximum Gasteiger partial charge on any atom is 0.265 e. The molecule has 0 spiro atoms. The van der Waals surface area contributed by atoms with Crippen LogP contribution in [0, 0.1) is 5.82 Å². The van der Waals surface area contributed by atoms with E-state index in [1.807, 2.05) is 22.8 Å². The molecule has 1 aliphatic rings. The summed E-state index contributed by atoms with van der Waals surface area (Å²) in [6.45, 7) is 2.28. The van der Waals surface area contributed by atoms with Gasteiger partial charge in [-0.15, -0.1) is 0 Å². The Labute approximate surface area is 151 Å². The Morgan fingerprint density at radius 3 is 2.65 bits per heavy atom. The molecule has 1 amide bonds. The third-order valence-electron chi connectivity index (χ3n) is 5.30. The van der Waals surface area contributed by atoms with Gasteiger partial charge in [0.05, 0.1) is 6.54 Å². The van der Waals surface area contributed by atoms with Crippen LogP contribution in [-0.2, 0) is 6.54 Å². The van der Waals surface area contributed by atoms with Gasteiger partial charge in [0.2, 0.25) is 0 Å². The van der Waals surface area contributed by atoms with Crippen molar-refractivity contribution in [3.8, 4) is 0 Å². The molecule has 4 rings (SSSR count). The van der Waals surface area contributed by atoms with Gasteiger partial charge in [0, 0.05) is 16.5 Å². The number of rotatable bonds is 4. The first-order chi connectivity index (χ1) is 12.6. The van der Waals surface area contributed by atoms with Crippen molar-refractivity contribution < 1.29 is 9.18 Å². The zero-order valence-electron chi connectivity index (χ0n) is 14.5. The number of primary amides is 1. The summed E-state index contributed by atoms with van der Waals surface area (Å²) in [5.41, 5.74) is 8.78. The summed E-state index contributed by atoms with van der Waals surface area (Å²) in [6, 6.07) is 14.6. The van der Waals surface area contributed by atoms with Crippen LogP contribution in [0.2, 0.25) is 0 Å². The van der Waals surface area contributed by atoms with Gasteiger partial charge in [0.1, 0.15) is 11.5 Å². The molecule has 1 saturated heterocycles. The average molecular weight is 351 g/mol. The largest absolute Gasteiger partial charge is 0.364 e. The van der Waals surface area contributed by atoms with Gasteiger partial charge in [0.15, 0.2) is 0 Å². The van der Waals surface area contributed by atoms with E-state index in [1.54, 1.807) is 18.2 Å². The SMILES string of the molecule is NC(=O)c1cc2c(C3CCNCC3)cccc2n1Cc1ccccc1F. The molecule has 26 heavy (non-hydrogen) atoms. The summed E-state index contributed by atoms with van der Waals surface area (Å²) >= 11 is 0. The predicted molar refractivity (Wildman–Crippen MR) is 101 cm³/mol. The fraction of sp³-hybridized carbons (Fsp3) is 0.286. The predicted octanol–water partition coefficient (Wildman–Crippen LogP) is 3.39. The van der Waals surface area contributed by atoms with Crippen LogP contribution in [0.5, 0.6) is 0 Å². The molecule has 0 radical (unpaired) electrons. The molecule has 134 valence electrons. The topological polar surface area (TPSA) is 60.1 Å². The second-order valence-corrected chi connectivity index (χ2v) is 6.88. The second-order valence-electron chi connectivity index (χ2n) is 6.88.